The fraction of sp³-hybridized carbons (Fsp3) is 0.800. The summed E-state index contributed by atoms with van der Waals surface area (Å²) < 4.78 is 22.3. The highest BCUT2D eigenvalue weighted by Crippen LogP contribution is 2.02. The predicted octanol–water partition coefficient (Wildman–Crippen LogP) is -0.576. The van der Waals surface area contributed by atoms with Crippen molar-refractivity contribution in [2.75, 3.05) is 7.05 Å². The van der Waals surface area contributed by atoms with Crippen molar-refractivity contribution >= 4 is 10.2 Å². The third-order valence-corrected chi connectivity index (χ3v) is 2.57. The molecule has 0 fully saturated rings. The van der Waals surface area contributed by atoms with E-state index in [1.54, 1.807) is 6.92 Å². The molecule has 0 rings (SSSR count). The standard InChI is InChI=1S/C5H11N3O2S/c1-5(3-4-6)8(2)11(7,9)10/h5H,3H2,1-2H3,(H2,7,9,10). The summed E-state index contributed by atoms with van der Waals surface area (Å²) in [5.74, 6) is 0. The minimum Gasteiger partial charge on any atom is -0.216 e. The third-order valence-electron chi connectivity index (χ3n) is 1.41. The fourth-order valence-electron chi connectivity index (χ4n) is 0.511. The molecule has 0 aliphatic carbocycles. The summed E-state index contributed by atoms with van der Waals surface area (Å²) in [6, 6.07) is 1.49. The Kier molecular flexibility index (Phi) is 3.45. The second kappa shape index (κ2) is 3.67. The molecule has 0 aromatic carbocycles. The first-order chi connectivity index (χ1) is 4.89. The second-order valence-corrected chi connectivity index (χ2v) is 3.88. The molecule has 0 aliphatic rings. The lowest BCUT2D eigenvalue weighted by molar-refractivity contribution is 0.394. The van der Waals surface area contributed by atoms with Gasteiger partial charge >= 0.3 is 0 Å². The maximum Gasteiger partial charge on any atom is 0.276 e. The molecule has 0 amide bonds. The number of nitrogens with two attached hydrogens (primary N) is 1. The van der Waals surface area contributed by atoms with E-state index >= 15 is 0 Å². The molecule has 0 spiro atoms. The van der Waals surface area contributed by atoms with Gasteiger partial charge in [0.2, 0.25) is 0 Å². The minimum atomic E-state index is -3.64. The number of nitrogens with zero attached hydrogens (tertiary/aromatic N) is 2. The van der Waals surface area contributed by atoms with Gasteiger partial charge in [0.25, 0.3) is 10.2 Å². The first kappa shape index (κ1) is 10.4. The van der Waals surface area contributed by atoms with Crippen molar-refractivity contribution in [3.8, 4) is 6.07 Å². The van der Waals surface area contributed by atoms with E-state index < -0.39 is 10.2 Å². The molecule has 11 heavy (non-hydrogen) atoms. The van der Waals surface area contributed by atoms with Crippen LogP contribution in [0.2, 0.25) is 0 Å². The summed E-state index contributed by atoms with van der Waals surface area (Å²) in [5.41, 5.74) is 0. The summed E-state index contributed by atoms with van der Waals surface area (Å²) in [4.78, 5) is 0. The van der Waals surface area contributed by atoms with E-state index in [0.29, 0.717) is 0 Å². The highest BCUT2D eigenvalue weighted by atomic mass is 32.2. The van der Waals surface area contributed by atoms with Crippen LogP contribution in [0.1, 0.15) is 13.3 Å². The number of rotatable bonds is 3. The predicted molar refractivity (Wildman–Crippen MR) is 40.6 cm³/mol. The van der Waals surface area contributed by atoms with Gasteiger partial charge < -0.3 is 0 Å². The van der Waals surface area contributed by atoms with Gasteiger partial charge in [-0.3, -0.25) is 0 Å². The molecule has 0 saturated carbocycles. The highest BCUT2D eigenvalue weighted by Gasteiger charge is 2.17. The van der Waals surface area contributed by atoms with Crippen molar-refractivity contribution in [3.05, 3.63) is 0 Å². The van der Waals surface area contributed by atoms with Gasteiger partial charge in [-0.1, -0.05) is 0 Å². The van der Waals surface area contributed by atoms with Gasteiger partial charge in [-0.25, -0.2) is 5.14 Å². The Bertz CT molecular complexity index is 253. The van der Waals surface area contributed by atoms with E-state index in [1.807, 2.05) is 6.07 Å². The molecule has 2 N–H and O–H groups in total. The first-order valence-electron chi connectivity index (χ1n) is 3.02. The fourth-order valence-corrected chi connectivity index (χ4v) is 1.09. The Morgan fingerprint density at radius 1 is 1.73 bits per heavy atom. The van der Waals surface area contributed by atoms with E-state index in [1.165, 1.54) is 7.05 Å². The minimum absolute atomic E-state index is 0.146. The van der Waals surface area contributed by atoms with E-state index in [-0.39, 0.29) is 12.5 Å². The molecule has 0 aliphatic heterocycles. The van der Waals surface area contributed by atoms with E-state index in [9.17, 15) is 8.42 Å². The van der Waals surface area contributed by atoms with Gasteiger partial charge in [-0.15, -0.1) is 0 Å². The van der Waals surface area contributed by atoms with Gasteiger partial charge in [0.05, 0.1) is 12.5 Å². The lowest BCUT2D eigenvalue weighted by Crippen LogP contribution is -2.39. The van der Waals surface area contributed by atoms with Crippen LogP contribution in [-0.4, -0.2) is 25.8 Å². The summed E-state index contributed by atoms with van der Waals surface area (Å²) >= 11 is 0. The van der Waals surface area contributed by atoms with Crippen molar-refractivity contribution in [3.63, 3.8) is 0 Å². The molecular formula is C5H11N3O2S. The van der Waals surface area contributed by atoms with Crippen LogP contribution in [0, 0.1) is 11.3 Å². The molecule has 0 bridgehead atoms. The van der Waals surface area contributed by atoms with Gasteiger partial charge in [-0.2, -0.15) is 18.0 Å². The topological polar surface area (TPSA) is 87.2 Å². The SMILES string of the molecule is CC(CC#N)N(C)S(N)(=O)=O. The van der Waals surface area contributed by atoms with E-state index in [2.05, 4.69) is 0 Å². The van der Waals surface area contributed by atoms with Crippen molar-refractivity contribution in [2.24, 2.45) is 5.14 Å². The lowest BCUT2D eigenvalue weighted by Gasteiger charge is -2.18. The van der Waals surface area contributed by atoms with Crippen molar-refractivity contribution in [1.29, 1.82) is 5.26 Å². The Morgan fingerprint density at radius 3 is 2.45 bits per heavy atom. The Labute approximate surface area is 66.6 Å². The Morgan fingerprint density at radius 2 is 2.18 bits per heavy atom. The van der Waals surface area contributed by atoms with Crippen LogP contribution in [0.3, 0.4) is 0 Å². The zero-order valence-corrected chi connectivity index (χ0v) is 7.30. The van der Waals surface area contributed by atoms with Crippen molar-refractivity contribution < 1.29 is 8.42 Å². The van der Waals surface area contributed by atoms with Crippen LogP contribution in [0.5, 0.6) is 0 Å². The zero-order valence-electron chi connectivity index (χ0n) is 6.48. The molecule has 1 atom stereocenters. The Hall–Kier alpha value is -0.640. The van der Waals surface area contributed by atoms with Crippen LogP contribution in [0.4, 0.5) is 0 Å². The summed E-state index contributed by atoms with van der Waals surface area (Å²) in [6.07, 6.45) is 0.146. The summed E-state index contributed by atoms with van der Waals surface area (Å²) in [6.45, 7) is 1.62. The van der Waals surface area contributed by atoms with Gasteiger partial charge in [0.15, 0.2) is 0 Å². The third kappa shape index (κ3) is 3.32. The molecule has 1 unspecified atom stereocenters. The highest BCUT2D eigenvalue weighted by molar-refractivity contribution is 7.86. The average Bonchev–Trinajstić information content (AvgIpc) is 1.85. The van der Waals surface area contributed by atoms with Crippen LogP contribution in [0.25, 0.3) is 0 Å². The number of hydrogen-bond acceptors (Lipinski definition) is 3. The molecule has 0 aromatic heterocycles. The van der Waals surface area contributed by atoms with Gasteiger partial charge in [0, 0.05) is 13.1 Å². The number of nitriles is 1. The van der Waals surface area contributed by atoms with Crippen LogP contribution < -0.4 is 5.14 Å². The molecule has 0 radical (unpaired) electrons. The molecule has 6 heteroatoms. The van der Waals surface area contributed by atoms with Crippen LogP contribution in [-0.2, 0) is 10.2 Å². The van der Waals surface area contributed by atoms with Crippen molar-refractivity contribution in [2.45, 2.75) is 19.4 Å². The largest absolute Gasteiger partial charge is 0.276 e. The number of hydrogen-bond donors (Lipinski definition) is 1. The quantitative estimate of drug-likeness (QED) is 0.625. The Balaban J connectivity index is 4.28. The van der Waals surface area contributed by atoms with E-state index in [0.717, 1.165) is 4.31 Å². The van der Waals surface area contributed by atoms with Gasteiger partial charge in [-0.05, 0) is 6.92 Å². The van der Waals surface area contributed by atoms with Crippen molar-refractivity contribution in [1.82, 2.24) is 4.31 Å². The summed E-state index contributed by atoms with van der Waals surface area (Å²) in [5, 5.41) is 13.0. The van der Waals surface area contributed by atoms with Gasteiger partial charge in [0.1, 0.15) is 0 Å². The monoisotopic (exact) mass is 177 g/mol. The molecular weight excluding hydrogens is 166 g/mol. The molecule has 5 nitrogen and oxygen atoms in total. The maximum atomic E-state index is 10.6. The van der Waals surface area contributed by atoms with Crippen LogP contribution >= 0.6 is 0 Å². The molecule has 0 saturated heterocycles. The second-order valence-electron chi connectivity index (χ2n) is 2.27. The van der Waals surface area contributed by atoms with E-state index in [4.69, 9.17) is 10.4 Å². The average molecular weight is 177 g/mol. The van der Waals surface area contributed by atoms with Crippen LogP contribution in [0.15, 0.2) is 0 Å². The molecule has 64 valence electrons. The summed E-state index contributed by atoms with van der Waals surface area (Å²) in [7, 11) is -2.30. The first-order valence-corrected chi connectivity index (χ1v) is 4.52. The zero-order chi connectivity index (χ0) is 9.07. The molecule has 0 aromatic rings. The lowest BCUT2D eigenvalue weighted by atomic mass is 10.3. The smallest absolute Gasteiger partial charge is 0.216 e. The maximum absolute atomic E-state index is 10.6. The molecule has 0 heterocycles. The normalized spacial score (nSPS) is 14.5.